The van der Waals surface area contributed by atoms with Crippen molar-refractivity contribution in [3.63, 3.8) is 0 Å². The summed E-state index contributed by atoms with van der Waals surface area (Å²) >= 11 is 1.65. The number of halogens is 2. The van der Waals surface area contributed by atoms with Gasteiger partial charge in [-0.2, -0.15) is 0 Å². The van der Waals surface area contributed by atoms with Crippen molar-refractivity contribution in [2.75, 3.05) is 11.1 Å². The molecule has 0 unspecified atom stereocenters. The summed E-state index contributed by atoms with van der Waals surface area (Å²) in [6, 6.07) is 12.3. The smallest absolute Gasteiger partial charge is 0.265 e. The summed E-state index contributed by atoms with van der Waals surface area (Å²) in [7, 11) is 0. The Balaban J connectivity index is 1.97. The molecule has 0 aliphatic heterocycles. The molecule has 20 heavy (non-hydrogen) atoms. The molecule has 0 spiro atoms. The van der Waals surface area contributed by atoms with Gasteiger partial charge in [0.05, 0.1) is 0 Å². The van der Waals surface area contributed by atoms with Gasteiger partial charge in [-0.05, 0) is 53.2 Å². The van der Waals surface area contributed by atoms with Gasteiger partial charge in [-0.1, -0.05) is 0 Å². The molecule has 0 aliphatic rings. The molecule has 3 N–H and O–H groups in total. The number of anilines is 3. The standard InChI is InChI=1S/C15H12F2N2S/c16-15(17)12-8-10(18)1-3-13(12)19-11-2-4-14-9(7-11)5-6-20-14/h1-8,15,19H,18H2. The summed E-state index contributed by atoms with van der Waals surface area (Å²) < 4.78 is 27.2. The van der Waals surface area contributed by atoms with Crippen LogP contribution in [-0.4, -0.2) is 0 Å². The van der Waals surface area contributed by atoms with E-state index >= 15 is 0 Å². The zero-order chi connectivity index (χ0) is 14.1. The van der Waals surface area contributed by atoms with E-state index in [0.717, 1.165) is 11.1 Å². The monoisotopic (exact) mass is 290 g/mol. The molecule has 2 nitrogen and oxygen atoms in total. The minimum Gasteiger partial charge on any atom is -0.399 e. The third-order valence-corrected chi connectivity index (χ3v) is 3.94. The summed E-state index contributed by atoms with van der Waals surface area (Å²) in [5.74, 6) is 0. The van der Waals surface area contributed by atoms with E-state index in [2.05, 4.69) is 5.32 Å². The Morgan fingerprint density at radius 2 is 1.90 bits per heavy atom. The van der Waals surface area contributed by atoms with Crippen molar-refractivity contribution in [1.82, 2.24) is 0 Å². The van der Waals surface area contributed by atoms with Crippen molar-refractivity contribution in [1.29, 1.82) is 0 Å². The number of hydrogen-bond donors (Lipinski definition) is 2. The van der Waals surface area contributed by atoms with Crippen LogP contribution in [0.4, 0.5) is 25.8 Å². The highest BCUT2D eigenvalue weighted by Crippen LogP contribution is 2.32. The summed E-state index contributed by atoms with van der Waals surface area (Å²) in [4.78, 5) is 0. The summed E-state index contributed by atoms with van der Waals surface area (Å²) in [5, 5.41) is 6.13. The van der Waals surface area contributed by atoms with E-state index in [1.54, 1.807) is 23.5 Å². The van der Waals surface area contributed by atoms with Gasteiger partial charge in [-0.3, -0.25) is 0 Å². The van der Waals surface area contributed by atoms with Crippen LogP contribution in [0.5, 0.6) is 0 Å². The van der Waals surface area contributed by atoms with E-state index in [0.29, 0.717) is 11.4 Å². The fourth-order valence-electron chi connectivity index (χ4n) is 2.08. The van der Waals surface area contributed by atoms with E-state index in [1.807, 2.05) is 29.6 Å². The number of nitrogens with two attached hydrogens (primary N) is 1. The largest absolute Gasteiger partial charge is 0.399 e. The van der Waals surface area contributed by atoms with Gasteiger partial charge in [-0.15, -0.1) is 11.3 Å². The maximum atomic E-state index is 13.0. The molecule has 0 aliphatic carbocycles. The molecule has 0 saturated carbocycles. The number of nitrogens with one attached hydrogen (secondary N) is 1. The first kappa shape index (κ1) is 12.9. The van der Waals surface area contributed by atoms with E-state index in [4.69, 9.17) is 5.73 Å². The fourth-order valence-corrected chi connectivity index (χ4v) is 2.85. The zero-order valence-electron chi connectivity index (χ0n) is 10.4. The third-order valence-electron chi connectivity index (χ3n) is 3.04. The van der Waals surface area contributed by atoms with Crippen LogP contribution in [-0.2, 0) is 0 Å². The van der Waals surface area contributed by atoms with Crippen LogP contribution in [0, 0.1) is 0 Å². The lowest BCUT2D eigenvalue weighted by Gasteiger charge is -2.12. The van der Waals surface area contributed by atoms with Crippen LogP contribution in [0.3, 0.4) is 0 Å². The Kier molecular flexibility index (Phi) is 3.28. The number of nitrogen functional groups attached to an aromatic ring is 1. The number of alkyl halides is 2. The molecular weight excluding hydrogens is 278 g/mol. The van der Waals surface area contributed by atoms with E-state index in [-0.39, 0.29) is 5.56 Å². The van der Waals surface area contributed by atoms with Crippen molar-refractivity contribution in [2.45, 2.75) is 6.43 Å². The normalized spacial score (nSPS) is 11.2. The van der Waals surface area contributed by atoms with Crippen LogP contribution in [0.25, 0.3) is 10.1 Å². The quantitative estimate of drug-likeness (QED) is 0.653. The Morgan fingerprint density at radius 3 is 2.70 bits per heavy atom. The van der Waals surface area contributed by atoms with Gasteiger partial charge in [0.15, 0.2) is 0 Å². The molecule has 5 heteroatoms. The highest BCUT2D eigenvalue weighted by molar-refractivity contribution is 7.17. The highest BCUT2D eigenvalue weighted by atomic mass is 32.1. The number of hydrogen-bond acceptors (Lipinski definition) is 3. The van der Waals surface area contributed by atoms with Crippen molar-refractivity contribution in [3.8, 4) is 0 Å². The Bertz CT molecular complexity index is 752. The fraction of sp³-hybridized carbons (Fsp3) is 0.0667. The van der Waals surface area contributed by atoms with Gasteiger partial charge >= 0.3 is 0 Å². The predicted octanol–water partition coefficient (Wildman–Crippen LogP) is 5.16. The van der Waals surface area contributed by atoms with Gasteiger partial charge in [0.1, 0.15) is 0 Å². The first-order chi connectivity index (χ1) is 9.63. The summed E-state index contributed by atoms with van der Waals surface area (Å²) in [6.45, 7) is 0. The lowest BCUT2D eigenvalue weighted by molar-refractivity contribution is 0.152. The molecule has 0 saturated heterocycles. The van der Waals surface area contributed by atoms with E-state index in [9.17, 15) is 8.78 Å². The lowest BCUT2D eigenvalue weighted by atomic mass is 10.1. The molecule has 0 atom stereocenters. The van der Waals surface area contributed by atoms with Gasteiger partial charge in [0, 0.05) is 27.3 Å². The summed E-state index contributed by atoms with van der Waals surface area (Å²) in [6.07, 6.45) is -2.56. The predicted molar refractivity (Wildman–Crippen MR) is 80.9 cm³/mol. The maximum absolute atomic E-state index is 13.0. The van der Waals surface area contributed by atoms with Crippen LogP contribution in [0.2, 0.25) is 0 Å². The van der Waals surface area contributed by atoms with Crippen molar-refractivity contribution in [3.05, 3.63) is 53.4 Å². The van der Waals surface area contributed by atoms with Crippen LogP contribution in [0.15, 0.2) is 47.8 Å². The topological polar surface area (TPSA) is 38.0 Å². The minimum atomic E-state index is -2.56. The molecular formula is C15H12F2N2S. The first-order valence-corrected chi connectivity index (χ1v) is 6.93. The molecule has 0 radical (unpaired) electrons. The second kappa shape index (κ2) is 5.09. The van der Waals surface area contributed by atoms with Crippen molar-refractivity contribution in [2.24, 2.45) is 0 Å². The lowest BCUT2D eigenvalue weighted by Crippen LogP contribution is -1.98. The average molecular weight is 290 g/mol. The minimum absolute atomic E-state index is 0.0876. The van der Waals surface area contributed by atoms with Gasteiger partial charge in [0.25, 0.3) is 6.43 Å². The Morgan fingerprint density at radius 1 is 1.05 bits per heavy atom. The molecule has 1 aromatic heterocycles. The third kappa shape index (κ3) is 2.44. The average Bonchev–Trinajstić information content (AvgIpc) is 2.88. The van der Waals surface area contributed by atoms with Gasteiger partial charge in [-0.25, -0.2) is 8.78 Å². The SMILES string of the molecule is Nc1ccc(Nc2ccc3sccc3c2)c(C(F)F)c1. The molecule has 0 bridgehead atoms. The number of fused-ring (bicyclic) bond motifs is 1. The zero-order valence-corrected chi connectivity index (χ0v) is 11.3. The first-order valence-electron chi connectivity index (χ1n) is 6.05. The maximum Gasteiger partial charge on any atom is 0.265 e. The Labute approximate surface area is 118 Å². The number of rotatable bonds is 3. The number of benzene rings is 2. The molecule has 2 aromatic carbocycles. The van der Waals surface area contributed by atoms with Crippen LogP contribution in [0.1, 0.15) is 12.0 Å². The van der Waals surface area contributed by atoms with E-state index in [1.165, 1.54) is 10.8 Å². The molecule has 1 heterocycles. The highest BCUT2D eigenvalue weighted by Gasteiger charge is 2.13. The second-order valence-electron chi connectivity index (χ2n) is 4.45. The molecule has 3 rings (SSSR count). The molecule has 0 fully saturated rings. The summed E-state index contributed by atoms with van der Waals surface area (Å²) in [5.41, 5.74) is 6.96. The second-order valence-corrected chi connectivity index (χ2v) is 5.39. The van der Waals surface area contributed by atoms with Crippen molar-refractivity contribution >= 4 is 38.5 Å². The van der Waals surface area contributed by atoms with Gasteiger partial charge in [0.2, 0.25) is 0 Å². The van der Waals surface area contributed by atoms with Crippen LogP contribution < -0.4 is 11.1 Å². The van der Waals surface area contributed by atoms with Gasteiger partial charge < -0.3 is 11.1 Å². The van der Waals surface area contributed by atoms with E-state index < -0.39 is 6.43 Å². The molecule has 102 valence electrons. The van der Waals surface area contributed by atoms with Crippen molar-refractivity contribution < 1.29 is 8.78 Å². The molecule has 3 aromatic rings. The number of thiophene rings is 1. The molecule has 0 amide bonds. The van der Waals surface area contributed by atoms with Crippen LogP contribution >= 0.6 is 11.3 Å². The Hall–Kier alpha value is -2.14.